The highest BCUT2D eigenvalue weighted by molar-refractivity contribution is 7.13. The van der Waals surface area contributed by atoms with Crippen LogP contribution in [0.4, 0.5) is 5.13 Å². The molecule has 2 heterocycles. The van der Waals surface area contributed by atoms with Gasteiger partial charge in [0.25, 0.3) is 0 Å². The van der Waals surface area contributed by atoms with Crippen LogP contribution in [0, 0.1) is 0 Å². The Morgan fingerprint density at radius 1 is 1.29 bits per heavy atom. The molecule has 1 aliphatic heterocycles. The number of nitrogens with zero attached hydrogens (tertiary/aromatic N) is 2. The van der Waals surface area contributed by atoms with Crippen molar-refractivity contribution in [1.82, 2.24) is 9.88 Å². The number of benzene rings is 1. The lowest BCUT2D eigenvalue weighted by Crippen LogP contribution is -2.38. The summed E-state index contributed by atoms with van der Waals surface area (Å²) < 4.78 is 11.3. The maximum absolute atomic E-state index is 5.94. The third kappa shape index (κ3) is 3.72. The van der Waals surface area contributed by atoms with Gasteiger partial charge in [-0.3, -0.25) is 4.90 Å². The van der Waals surface area contributed by atoms with E-state index in [9.17, 15) is 0 Å². The van der Waals surface area contributed by atoms with E-state index in [0.717, 1.165) is 49.9 Å². The van der Waals surface area contributed by atoms with Crippen LogP contribution in [0.15, 0.2) is 29.6 Å². The fraction of sp³-hybridized carbons (Fsp3) is 0.400. The number of nitrogens with two attached hydrogens (primary N) is 1. The molecule has 0 amide bonds. The normalized spacial score (nSPS) is 16.0. The van der Waals surface area contributed by atoms with Gasteiger partial charge >= 0.3 is 0 Å². The van der Waals surface area contributed by atoms with Crippen LogP contribution in [0.2, 0.25) is 0 Å². The van der Waals surface area contributed by atoms with Gasteiger partial charge < -0.3 is 15.2 Å². The Labute approximate surface area is 128 Å². The first-order valence-corrected chi connectivity index (χ1v) is 7.94. The Morgan fingerprint density at radius 2 is 2.10 bits per heavy atom. The molecule has 0 radical (unpaired) electrons. The topological polar surface area (TPSA) is 60.6 Å². The minimum Gasteiger partial charge on any atom is -0.492 e. The molecule has 0 saturated carbocycles. The summed E-state index contributed by atoms with van der Waals surface area (Å²) in [6, 6.07) is 7.95. The number of hydrogen-bond acceptors (Lipinski definition) is 6. The van der Waals surface area contributed by atoms with Gasteiger partial charge in [0.1, 0.15) is 12.4 Å². The smallest absolute Gasteiger partial charge is 0.180 e. The predicted octanol–water partition coefficient (Wildman–Crippen LogP) is 2.10. The van der Waals surface area contributed by atoms with Crippen LogP contribution in [-0.4, -0.2) is 49.3 Å². The van der Waals surface area contributed by atoms with Gasteiger partial charge in [-0.2, -0.15) is 0 Å². The molecule has 1 aliphatic rings. The van der Waals surface area contributed by atoms with Crippen molar-refractivity contribution in [1.29, 1.82) is 0 Å². The van der Waals surface area contributed by atoms with Crippen molar-refractivity contribution >= 4 is 16.5 Å². The predicted molar refractivity (Wildman–Crippen MR) is 84.7 cm³/mol. The lowest BCUT2D eigenvalue weighted by molar-refractivity contribution is 0.0323. The second kappa shape index (κ2) is 6.89. The molecule has 5 nitrogen and oxygen atoms in total. The van der Waals surface area contributed by atoms with Gasteiger partial charge in [0.15, 0.2) is 5.13 Å². The molecule has 6 heteroatoms. The lowest BCUT2D eigenvalue weighted by Gasteiger charge is -2.26. The van der Waals surface area contributed by atoms with Crippen molar-refractivity contribution in [3.05, 3.63) is 29.6 Å². The molecule has 0 aliphatic carbocycles. The van der Waals surface area contributed by atoms with E-state index in [-0.39, 0.29) is 0 Å². The molecular weight excluding hydrogens is 286 g/mol. The standard InChI is InChI=1S/C15H19N3O2S/c16-15-17-13(11-21-15)12-3-1-2-4-14(12)20-10-7-18-5-8-19-9-6-18/h1-4,11H,5-10H2,(H2,16,17). The second-order valence-corrected chi connectivity index (χ2v) is 5.76. The van der Waals surface area contributed by atoms with Crippen molar-refractivity contribution < 1.29 is 9.47 Å². The maximum Gasteiger partial charge on any atom is 0.180 e. The molecule has 2 aromatic rings. The van der Waals surface area contributed by atoms with E-state index in [1.807, 2.05) is 29.6 Å². The Bertz CT molecular complexity index is 582. The van der Waals surface area contributed by atoms with Gasteiger partial charge in [-0.05, 0) is 12.1 Å². The van der Waals surface area contributed by atoms with Crippen molar-refractivity contribution in [2.75, 3.05) is 45.2 Å². The number of anilines is 1. The molecular formula is C15H19N3O2S. The van der Waals surface area contributed by atoms with Gasteiger partial charge in [0.2, 0.25) is 0 Å². The van der Waals surface area contributed by atoms with Crippen LogP contribution in [0.25, 0.3) is 11.3 Å². The van der Waals surface area contributed by atoms with E-state index in [1.165, 1.54) is 11.3 Å². The Balaban J connectivity index is 1.62. The molecule has 3 rings (SSSR count). The minimum absolute atomic E-state index is 0.577. The summed E-state index contributed by atoms with van der Waals surface area (Å²) in [5.74, 6) is 0.857. The fourth-order valence-corrected chi connectivity index (χ4v) is 2.89. The summed E-state index contributed by atoms with van der Waals surface area (Å²) in [5, 5.41) is 2.53. The van der Waals surface area contributed by atoms with Gasteiger partial charge in [0, 0.05) is 30.6 Å². The summed E-state index contributed by atoms with van der Waals surface area (Å²) >= 11 is 1.44. The Morgan fingerprint density at radius 3 is 2.86 bits per heavy atom. The van der Waals surface area contributed by atoms with Crippen molar-refractivity contribution in [3.8, 4) is 17.0 Å². The molecule has 0 atom stereocenters. The van der Waals surface area contributed by atoms with Crippen molar-refractivity contribution in [2.45, 2.75) is 0 Å². The molecule has 1 aromatic heterocycles. The molecule has 1 fully saturated rings. The van der Waals surface area contributed by atoms with Crippen LogP contribution in [0.1, 0.15) is 0 Å². The van der Waals surface area contributed by atoms with Crippen LogP contribution in [0.3, 0.4) is 0 Å². The second-order valence-electron chi connectivity index (χ2n) is 4.87. The highest BCUT2D eigenvalue weighted by atomic mass is 32.1. The molecule has 1 saturated heterocycles. The van der Waals surface area contributed by atoms with Gasteiger partial charge in [-0.15, -0.1) is 11.3 Å². The lowest BCUT2D eigenvalue weighted by atomic mass is 10.1. The van der Waals surface area contributed by atoms with Crippen LogP contribution in [-0.2, 0) is 4.74 Å². The first-order chi connectivity index (χ1) is 10.3. The SMILES string of the molecule is Nc1nc(-c2ccccc2OCCN2CCOCC2)cs1. The zero-order valence-corrected chi connectivity index (χ0v) is 12.6. The van der Waals surface area contributed by atoms with Crippen molar-refractivity contribution in [2.24, 2.45) is 0 Å². The Hall–Kier alpha value is -1.63. The van der Waals surface area contributed by atoms with Gasteiger partial charge in [-0.1, -0.05) is 12.1 Å². The van der Waals surface area contributed by atoms with E-state index in [1.54, 1.807) is 0 Å². The number of nitrogen functional groups attached to an aromatic ring is 1. The zero-order valence-electron chi connectivity index (χ0n) is 11.8. The number of aromatic nitrogens is 1. The number of morpholine rings is 1. The number of rotatable bonds is 5. The maximum atomic E-state index is 5.94. The summed E-state index contributed by atoms with van der Waals surface area (Å²) in [4.78, 5) is 6.68. The molecule has 2 N–H and O–H groups in total. The zero-order chi connectivity index (χ0) is 14.5. The highest BCUT2D eigenvalue weighted by Crippen LogP contribution is 2.31. The summed E-state index contributed by atoms with van der Waals surface area (Å²) in [7, 11) is 0. The number of hydrogen-bond donors (Lipinski definition) is 1. The number of thiazole rings is 1. The van der Waals surface area contributed by atoms with Gasteiger partial charge in [0.05, 0.1) is 18.9 Å². The summed E-state index contributed by atoms with van der Waals surface area (Å²) in [6.07, 6.45) is 0. The first-order valence-electron chi connectivity index (χ1n) is 7.06. The van der Waals surface area contributed by atoms with E-state index in [0.29, 0.717) is 11.7 Å². The largest absolute Gasteiger partial charge is 0.492 e. The number of ether oxygens (including phenoxy) is 2. The first kappa shape index (κ1) is 14.3. The summed E-state index contributed by atoms with van der Waals surface area (Å²) in [6.45, 7) is 5.16. The number of para-hydroxylation sites is 1. The monoisotopic (exact) mass is 305 g/mol. The Kier molecular flexibility index (Phi) is 4.69. The van der Waals surface area contributed by atoms with E-state index in [4.69, 9.17) is 15.2 Å². The average Bonchev–Trinajstić information content (AvgIpc) is 2.95. The van der Waals surface area contributed by atoms with Crippen LogP contribution < -0.4 is 10.5 Å². The quantitative estimate of drug-likeness (QED) is 0.916. The molecule has 21 heavy (non-hydrogen) atoms. The molecule has 0 bridgehead atoms. The highest BCUT2D eigenvalue weighted by Gasteiger charge is 2.12. The molecule has 0 spiro atoms. The van der Waals surface area contributed by atoms with E-state index in [2.05, 4.69) is 9.88 Å². The van der Waals surface area contributed by atoms with Crippen LogP contribution in [0.5, 0.6) is 5.75 Å². The summed E-state index contributed by atoms with van der Waals surface area (Å²) in [5.41, 5.74) is 7.58. The molecule has 112 valence electrons. The van der Waals surface area contributed by atoms with Crippen molar-refractivity contribution in [3.63, 3.8) is 0 Å². The third-order valence-corrected chi connectivity index (χ3v) is 4.13. The van der Waals surface area contributed by atoms with Crippen LogP contribution >= 0.6 is 11.3 Å². The molecule has 1 aromatic carbocycles. The average molecular weight is 305 g/mol. The van der Waals surface area contributed by atoms with E-state index >= 15 is 0 Å². The minimum atomic E-state index is 0.577. The van der Waals surface area contributed by atoms with E-state index < -0.39 is 0 Å². The van der Waals surface area contributed by atoms with Gasteiger partial charge in [-0.25, -0.2) is 4.98 Å². The molecule has 0 unspecified atom stereocenters. The third-order valence-electron chi connectivity index (χ3n) is 3.45. The fourth-order valence-electron chi connectivity index (χ4n) is 2.32.